The number of sulfonamides is 1. The molecule has 0 bridgehead atoms. The fraction of sp³-hybridized carbons (Fsp3) is 0.333. The highest BCUT2D eigenvalue weighted by Gasteiger charge is 2.28. The average molecular weight is 468 g/mol. The summed E-state index contributed by atoms with van der Waals surface area (Å²) in [4.78, 5) is 11.3. The van der Waals surface area contributed by atoms with Gasteiger partial charge in [-0.2, -0.15) is 9.29 Å². The Kier molecular flexibility index (Phi) is 6.80. The van der Waals surface area contributed by atoms with Crippen LogP contribution in [0.4, 0.5) is 17.5 Å². The van der Waals surface area contributed by atoms with Crippen LogP contribution in [0.3, 0.4) is 0 Å². The van der Waals surface area contributed by atoms with Gasteiger partial charge in [-0.25, -0.2) is 13.4 Å². The Morgan fingerprint density at radius 1 is 0.939 bits per heavy atom. The maximum absolute atomic E-state index is 12.9. The molecular weight excluding hydrogens is 438 g/mol. The minimum absolute atomic E-state index is 0.0180. The molecule has 174 valence electrons. The van der Waals surface area contributed by atoms with E-state index in [9.17, 15) is 8.42 Å². The number of hydrogen-bond acceptors (Lipinski definition) is 7. The van der Waals surface area contributed by atoms with Crippen LogP contribution in [0.15, 0.2) is 54.6 Å². The number of piperazine rings is 1. The van der Waals surface area contributed by atoms with E-state index in [-0.39, 0.29) is 5.75 Å². The number of anilines is 3. The number of hydrogen-bond donors (Lipinski definition) is 1. The summed E-state index contributed by atoms with van der Waals surface area (Å²) in [6.07, 6.45) is 0. The molecule has 0 unspecified atom stereocenters. The first-order valence-corrected chi connectivity index (χ1v) is 12.5. The Bertz CT molecular complexity index is 1190. The number of methoxy groups -OCH3 is 1. The summed E-state index contributed by atoms with van der Waals surface area (Å²) in [5, 5.41) is 3.30. The third-order valence-corrected chi connectivity index (χ3v) is 7.44. The first kappa shape index (κ1) is 23.0. The van der Waals surface area contributed by atoms with Crippen molar-refractivity contribution in [1.29, 1.82) is 0 Å². The minimum atomic E-state index is -3.37. The molecular formula is C24H29N5O3S. The van der Waals surface area contributed by atoms with Crippen LogP contribution in [0.1, 0.15) is 16.8 Å². The highest BCUT2D eigenvalue weighted by molar-refractivity contribution is 7.88. The van der Waals surface area contributed by atoms with E-state index in [4.69, 9.17) is 4.74 Å². The molecule has 33 heavy (non-hydrogen) atoms. The number of nitrogens with one attached hydrogen (secondary N) is 1. The molecule has 1 saturated heterocycles. The van der Waals surface area contributed by atoms with E-state index >= 15 is 0 Å². The van der Waals surface area contributed by atoms with Gasteiger partial charge in [0.2, 0.25) is 16.0 Å². The zero-order valence-electron chi connectivity index (χ0n) is 19.2. The molecule has 0 aliphatic carbocycles. The Labute approximate surface area is 195 Å². The summed E-state index contributed by atoms with van der Waals surface area (Å²) in [6.45, 7) is 5.81. The number of rotatable bonds is 7. The second-order valence-electron chi connectivity index (χ2n) is 8.18. The lowest BCUT2D eigenvalue weighted by atomic mass is 10.2. The van der Waals surface area contributed by atoms with Gasteiger partial charge < -0.3 is 15.0 Å². The number of aryl methyl sites for hydroxylation is 2. The Hall–Kier alpha value is -3.17. The molecule has 8 nitrogen and oxygen atoms in total. The van der Waals surface area contributed by atoms with Crippen LogP contribution < -0.4 is 15.0 Å². The molecule has 1 N–H and O–H groups in total. The SMILES string of the molecule is COc1ccc(Nc2cc(C)nc(N3CCN(S(=O)(=O)Cc4ccc(C)cc4)CC3)n2)cc1. The molecule has 1 fully saturated rings. The van der Waals surface area contributed by atoms with E-state index in [1.54, 1.807) is 11.4 Å². The lowest BCUT2D eigenvalue weighted by Gasteiger charge is -2.34. The summed E-state index contributed by atoms with van der Waals surface area (Å²) >= 11 is 0. The fourth-order valence-corrected chi connectivity index (χ4v) is 5.25. The van der Waals surface area contributed by atoms with Crippen LogP contribution in [0, 0.1) is 13.8 Å². The van der Waals surface area contributed by atoms with Crippen LogP contribution >= 0.6 is 0 Å². The van der Waals surface area contributed by atoms with Crippen LogP contribution in [0.5, 0.6) is 5.75 Å². The molecule has 3 aromatic rings. The van der Waals surface area contributed by atoms with Crippen molar-refractivity contribution < 1.29 is 13.2 Å². The van der Waals surface area contributed by atoms with Crippen molar-refractivity contribution in [1.82, 2.24) is 14.3 Å². The lowest BCUT2D eigenvalue weighted by Crippen LogP contribution is -2.49. The Morgan fingerprint density at radius 2 is 1.61 bits per heavy atom. The molecule has 9 heteroatoms. The number of nitrogens with zero attached hydrogens (tertiary/aromatic N) is 4. The molecule has 0 radical (unpaired) electrons. The highest BCUT2D eigenvalue weighted by atomic mass is 32.2. The van der Waals surface area contributed by atoms with Gasteiger partial charge in [0.1, 0.15) is 11.6 Å². The maximum atomic E-state index is 12.9. The van der Waals surface area contributed by atoms with E-state index in [2.05, 4.69) is 15.3 Å². The topological polar surface area (TPSA) is 87.7 Å². The van der Waals surface area contributed by atoms with E-state index in [1.165, 1.54) is 0 Å². The first-order chi connectivity index (χ1) is 15.8. The van der Waals surface area contributed by atoms with E-state index in [1.807, 2.05) is 73.3 Å². The third-order valence-electron chi connectivity index (χ3n) is 5.59. The van der Waals surface area contributed by atoms with Crippen LogP contribution in [-0.4, -0.2) is 56.0 Å². The molecule has 0 atom stereocenters. The Balaban J connectivity index is 1.41. The van der Waals surface area contributed by atoms with Crippen molar-refractivity contribution in [2.45, 2.75) is 19.6 Å². The largest absolute Gasteiger partial charge is 0.497 e. The maximum Gasteiger partial charge on any atom is 0.227 e. The summed E-state index contributed by atoms with van der Waals surface area (Å²) in [6, 6.07) is 17.1. The molecule has 0 amide bonds. The van der Waals surface area contributed by atoms with Gasteiger partial charge in [-0.15, -0.1) is 0 Å². The van der Waals surface area contributed by atoms with Crippen molar-refractivity contribution in [3.8, 4) is 5.75 Å². The molecule has 4 rings (SSSR count). The average Bonchev–Trinajstić information content (AvgIpc) is 2.81. The van der Waals surface area contributed by atoms with Gasteiger partial charge in [-0.3, -0.25) is 0 Å². The van der Waals surface area contributed by atoms with Crippen molar-refractivity contribution in [3.05, 3.63) is 71.4 Å². The highest BCUT2D eigenvalue weighted by Crippen LogP contribution is 2.22. The van der Waals surface area contributed by atoms with Gasteiger partial charge >= 0.3 is 0 Å². The second-order valence-corrected chi connectivity index (χ2v) is 10.1. The number of aromatic nitrogens is 2. The molecule has 0 saturated carbocycles. The van der Waals surface area contributed by atoms with Gasteiger partial charge in [0.25, 0.3) is 0 Å². The first-order valence-electron chi connectivity index (χ1n) is 10.9. The molecule has 2 aromatic carbocycles. The zero-order valence-corrected chi connectivity index (χ0v) is 20.0. The van der Waals surface area contributed by atoms with Crippen molar-refractivity contribution in [2.24, 2.45) is 0 Å². The van der Waals surface area contributed by atoms with E-state index in [0.29, 0.717) is 37.9 Å². The summed E-state index contributed by atoms with van der Waals surface area (Å²) in [5.74, 6) is 2.10. The summed E-state index contributed by atoms with van der Waals surface area (Å²) in [7, 11) is -1.74. The van der Waals surface area contributed by atoms with Crippen LogP contribution in [-0.2, 0) is 15.8 Å². The quantitative estimate of drug-likeness (QED) is 0.569. The van der Waals surface area contributed by atoms with E-state index in [0.717, 1.165) is 28.3 Å². The Morgan fingerprint density at radius 3 is 2.24 bits per heavy atom. The molecule has 0 spiro atoms. The van der Waals surface area contributed by atoms with Crippen LogP contribution in [0.25, 0.3) is 0 Å². The monoisotopic (exact) mass is 467 g/mol. The predicted octanol–water partition coefficient (Wildman–Crippen LogP) is 3.50. The molecule has 2 heterocycles. The van der Waals surface area contributed by atoms with E-state index < -0.39 is 10.0 Å². The standard InChI is InChI=1S/C24H29N5O3S/c1-18-4-6-20(7-5-18)17-33(30,31)29-14-12-28(13-15-29)24-25-19(2)16-23(27-24)26-21-8-10-22(32-3)11-9-21/h4-11,16H,12-15,17H2,1-3H3,(H,25,26,27). The minimum Gasteiger partial charge on any atom is -0.497 e. The van der Waals surface area contributed by atoms with Crippen molar-refractivity contribution >= 4 is 27.5 Å². The van der Waals surface area contributed by atoms with Gasteiger partial charge in [-0.1, -0.05) is 29.8 Å². The number of ether oxygens (including phenoxy) is 1. The molecule has 1 aromatic heterocycles. The fourth-order valence-electron chi connectivity index (χ4n) is 3.73. The van der Waals surface area contributed by atoms with Gasteiger partial charge in [0, 0.05) is 43.6 Å². The van der Waals surface area contributed by atoms with Crippen LogP contribution in [0.2, 0.25) is 0 Å². The normalized spacial score (nSPS) is 14.8. The predicted molar refractivity (Wildman–Crippen MR) is 131 cm³/mol. The van der Waals surface area contributed by atoms with Gasteiger partial charge in [0.05, 0.1) is 12.9 Å². The summed E-state index contributed by atoms with van der Waals surface area (Å²) in [5.41, 5.74) is 3.65. The van der Waals surface area contributed by atoms with Crippen molar-refractivity contribution in [2.75, 3.05) is 43.5 Å². The van der Waals surface area contributed by atoms with Gasteiger partial charge in [-0.05, 0) is 43.7 Å². The summed E-state index contributed by atoms with van der Waals surface area (Å²) < 4.78 is 32.6. The van der Waals surface area contributed by atoms with Gasteiger partial charge in [0.15, 0.2) is 0 Å². The van der Waals surface area contributed by atoms with Crippen molar-refractivity contribution in [3.63, 3.8) is 0 Å². The smallest absolute Gasteiger partial charge is 0.227 e. The lowest BCUT2D eigenvalue weighted by molar-refractivity contribution is 0.382. The molecule has 1 aliphatic heterocycles. The second kappa shape index (κ2) is 9.76. The molecule has 1 aliphatic rings. The third kappa shape index (κ3) is 5.80. The number of benzene rings is 2. The zero-order chi connectivity index (χ0) is 23.4.